The molecule has 1 aromatic carbocycles. The summed E-state index contributed by atoms with van der Waals surface area (Å²) in [6.07, 6.45) is -3.67. The summed E-state index contributed by atoms with van der Waals surface area (Å²) < 4.78 is 54.3. The number of hydrogen-bond acceptors (Lipinski definition) is 3. The van der Waals surface area contributed by atoms with Gasteiger partial charge in [0.2, 0.25) is 5.91 Å². The second kappa shape index (κ2) is 6.51. The largest absolute Gasteiger partial charge is 0.482 e. The molecule has 1 fully saturated rings. The van der Waals surface area contributed by atoms with Gasteiger partial charge in [0.25, 0.3) is 0 Å². The van der Waals surface area contributed by atoms with Crippen molar-refractivity contribution in [2.75, 3.05) is 11.9 Å². The molecule has 2 atom stereocenters. The van der Waals surface area contributed by atoms with Gasteiger partial charge in [-0.3, -0.25) is 4.79 Å². The molecule has 0 bridgehead atoms. The van der Waals surface area contributed by atoms with Crippen molar-refractivity contribution < 1.29 is 32.2 Å². The minimum Gasteiger partial charge on any atom is -0.482 e. The van der Waals surface area contributed by atoms with E-state index in [1.165, 1.54) is 0 Å². The number of rotatable bonds is 4. The Hall–Kier alpha value is -1.83. The summed E-state index contributed by atoms with van der Waals surface area (Å²) in [7, 11) is 0. The van der Waals surface area contributed by atoms with E-state index >= 15 is 0 Å². The first-order chi connectivity index (χ1) is 10.3. The highest BCUT2D eigenvalue weighted by Crippen LogP contribution is 2.31. The van der Waals surface area contributed by atoms with Gasteiger partial charge < -0.3 is 15.2 Å². The Kier molecular flexibility index (Phi) is 4.90. The topological polar surface area (TPSA) is 58.6 Å². The van der Waals surface area contributed by atoms with Gasteiger partial charge in [0.05, 0.1) is 17.7 Å². The number of benzene rings is 1. The van der Waals surface area contributed by atoms with E-state index in [1.807, 2.05) is 0 Å². The number of alkyl halides is 3. The average Bonchev–Trinajstić information content (AvgIpc) is 2.84. The van der Waals surface area contributed by atoms with Gasteiger partial charge in [-0.2, -0.15) is 13.2 Å². The number of aliphatic hydroxyl groups is 1. The first-order valence-corrected chi connectivity index (χ1v) is 6.74. The van der Waals surface area contributed by atoms with Crippen molar-refractivity contribution in [3.05, 3.63) is 24.0 Å². The van der Waals surface area contributed by atoms with Crippen LogP contribution in [0, 0.1) is 11.7 Å². The maximum atomic E-state index is 13.2. The van der Waals surface area contributed by atoms with Crippen LogP contribution in [0.1, 0.15) is 19.3 Å². The van der Waals surface area contributed by atoms with E-state index in [0.717, 1.165) is 18.2 Å². The van der Waals surface area contributed by atoms with Crippen LogP contribution in [-0.2, 0) is 4.79 Å². The smallest absolute Gasteiger partial charge is 0.422 e. The summed E-state index contributed by atoms with van der Waals surface area (Å²) >= 11 is 0. The van der Waals surface area contributed by atoms with Gasteiger partial charge in [-0.25, -0.2) is 4.39 Å². The lowest BCUT2D eigenvalue weighted by Crippen LogP contribution is -2.29. The van der Waals surface area contributed by atoms with Crippen molar-refractivity contribution in [2.24, 2.45) is 5.92 Å². The molecule has 0 aliphatic heterocycles. The number of anilines is 1. The van der Waals surface area contributed by atoms with Gasteiger partial charge in [0.15, 0.2) is 6.61 Å². The van der Waals surface area contributed by atoms with Crippen molar-refractivity contribution in [2.45, 2.75) is 31.5 Å². The molecule has 1 saturated carbocycles. The molecule has 1 aromatic rings. The zero-order valence-corrected chi connectivity index (χ0v) is 11.5. The van der Waals surface area contributed by atoms with E-state index in [-0.39, 0.29) is 5.69 Å². The normalized spacial score (nSPS) is 21.7. The van der Waals surface area contributed by atoms with Gasteiger partial charge in [-0.15, -0.1) is 0 Å². The zero-order chi connectivity index (χ0) is 16.3. The van der Waals surface area contributed by atoms with Crippen LogP contribution in [-0.4, -0.2) is 29.9 Å². The molecule has 1 amide bonds. The Morgan fingerprint density at radius 3 is 2.68 bits per heavy atom. The van der Waals surface area contributed by atoms with Crippen molar-refractivity contribution in [1.82, 2.24) is 0 Å². The van der Waals surface area contributed by atoms with E-state index < -0.39 is 42.3 Å². The number of ether oxygens (including phenoxy) is 1. The fraction of sp³-hybridized carbons (Fsp3) is 0.500. The van der Waals surface area contributed by atoms with Crippen LogP contribution in [0.15, 0.2) is 18.2 Å². The van der Waals surface area contributed by atoms with Crippen molar-refractivity contribution in [3.63, 3.8) is 0 Å². The average molecular weight is 321 g/mol. The zero-order valence-electron chi connectivity index (χ0n) is 11.5. The summed E-state index contributed by atoms with van der Waals surface area (Å²) in [5, 5.41) is 12.0. The van der Waals surface area contributed by atoms with Gasteiger partial charge in [0.1, 0.15) is 11.6 Å². The summed E-state index contributed by atoms with van der Waals surface area (Å²) in [5.41, 5.74) is -0.0604. The highest BCUT2D eigenvalue weighted by Gasteiger charge is 2.32. The van der Waals surface area contributed by atoms with Crippen LogP contribution >= 0.6 is 0 Å². The molecule has 1 aliphatic rings. The number of halogens is 4. The van der Waals surface area contributed by atoms with Crippen LogP contribution in [0.4, 0.5) is 23.2 Å². The van der Waals surface area contributed by atoms with E-state index in [1.54, 1.807) is 0 Å². The third-order valence-electron chi connectivity index (χ3n) is 3.41. The molecule has 22 heavy (non-hydrogen) atoms. The van der Waals surface area contributed by atoms with Crippen LogP contribution < -0.4 is 10.1 Å². The number of nitrogens with one attached hydrogen (secondary N) is 1. The molecule has 0 heterocycles. The van der Waals surface area contributed by atoms with E-state index in [9.17, 15) is 27.5 Å². The summed E-state index contributed by atoms with van der Waals surface area (Å²) in [6.45, 7) is -1.59. The fourth-order valence-electron chi connectivity index (χ4n) is 2.35. The Bertz CT molecular complexity index is 547. The fourth-order valence-corrected chi connectivity index (χ4v) is 2.35. The van der Waals surface area contributed by atoms with Crippen LogP contribution in [0.3, 0.4) is 0 Å². The number of aliphatic hydroxyl groups excluding tert-OH is 1. The molecule has 1 aliphatic carbocycles. The van der Waals surface area contributed by atoms with Crippen LogP contribution in [0.25, 0.3) is 0 Å². The lowest BCUT2D eigenvalue weighted by atomic mass is 10.1. The third-order valence-corrected chi connectivity index (χ3v) is 3.41. The van der Waals surface area contributed by atoms with Crippen LogP contribution in [0.2, 0.25) is 0 Å². The Morgan fingerprint density at radius 2 is 2.09 bits per heavy atom. The Morgan fingerprint density at radius 1 is 1.36 bits per heavy atom. The van der Waals surface area contributed by atoms with Crippen molar-refractivity contribution in [3.8, 4) is 5.75 Å². The van der Waals surface area contributed by atoms with Crippen molar-refractivity contribution >= 4 is 11.6 Å². The third kappa shape index (κ3) is 4.33. The molecule has 8 heteroatoms. The summed E-state index contributed by atoms with van der Waals surface area (Å²) in [6, 6.07) is 2.90. The summed E-state index contributed by atoms with van der Waals surface area (Å²) in [4.78, 5) is 12.0. The molecule has 0 radical (unpaired) electrons. The van der Waals surface area contributed by atoms with Gasteiger partial charge in [0, 0.05) is 6.07 Å². The number of carbonyl (C=O) groups is 1. The lowest BCUT2D eigenvalue weighted by molar-refractivity contribution is -0.153. The first kappa shape index (κ1) is 16.5. The second-order valence-electron chi connectivity index (χ2n) is 5.14. The quantitative estimate of drug-likeness (QED) is 0.839. The van der Waals surface area contributed by atoms with Crippen LogP contribution in [0.5, 0.6) is 5.75 Å². The predicted molar refractivity (Wildman–Crippen MR) is 69.9 cm³/mol. The molecular weight excluding hydrogens is 306 g/mol. The highest BCUT2D eigenvalue weighted by molar-refractivity contribution is 5.94. The number of amides is 1. The minimum atomic E-state index is -4.57. The standard InChI is InChI=1S/C14H15F4NO3/c15-8-4-5-10(12(6-8)22-7-14(16,17)18)19-13(21)9-2-1-3-11(9)20/h4-6,9,11,20H,1-3,7H2,(H,19,21). The molecule has 2 N–H and O–H groups in total. The minimum absolute atomic E-state index is 0.0604. The van der Waals surface area contributed by atoms with Gasteiger partial charge >= 0.3 is 6.18 Å². The Balaban J connectivity index is 2.11. The molecule has 0 aromatic heterocycles. The molecule has 0 spiro atoms. The molecule has 4 nitrogen and oxygen atoms in total. The maximum Gasteiger partial charge on any atom is 0.422 e. The summed E-state index contributed by atoms with van der Waals surface area (Å²) in [5.74, 6) is -2.33. The molecule has 122 valence electrons. The van der Waals surface area contributed by atoms with Gasteiger partial charge in [-0.05, 0) is 31.4 Å². The monoisotopic (exact) mass is 321 g/mol. The lowest BCUT2D eigenvalue weighted by Gasteiger charge is -2.17. The maximum absolute atomic E-state index is 13.2. The molecule has 0 saturated heterocycles. The molecule has 2 rings (SSSR count). The van der Waals surface area contributed by atoms with Crippen molar-refractivity contribution in [1.29, 1.82) is 0 Å². The SMILES string of the molecule is O=C(Nc1ccc(F)cc1OCC(F)(F)F)C1CCCC1O. The molecular formula is C14H15F4NO3. The van der Waals surface area contributed by atoms with E-state index in [0.29, 0.717) is 19.3 Å². The van der Waals surface area contributed by atoms with Gasteiger partial charge in [-0.1, -0.05) is 0 Å². The highest BCUT2D eigenvalue weighted by atomic mass is 19.4. The number of hydrogen-bond donors (Lipinski definition) is 2. The predicted octanol–water partition coefficient (Wildman–Crippen LogP) is 2.87. The van der Waals surface area contributed by atoms with E-state index in [2.05, 4.69) is 10.1 Å². The second-order valence-corrected chi connectivity index (χ2v) is 5.14. The first-order valence-electron chi connectivity index (χ1n) is 6.74. The number of carbonyl (C=O) groups excluding carboxylic acids is 1. The Labute approximate surface area is 124 Å². The van der Waals surface area contributed by atoms with E-state index in [4.69, 9.17) is 0 Å². The molecule has 2 unspecified atom stereocenters.